The van der Waals surface area contributed by atoms with E-state index in [9.17, 15) is 61.3 Å². The maximum Gasteiger partial charge on any atom is 0.342 e. The first-order valence-electron chi connectivity index (χ1n) is 47.4. The standard InChI is InChI=1S/C25H22N2O6S.C23H27N3O4S.C22H25N3O4S.C18H28N6O3S.C16H18ClN3O3S/c1-15-5-8-22(16(2)13-15)34(30,31)27(24(28)18-9-11-26-12-10-18)19-6-7-21-20(14-19)23(17(3)33-21)25(29)32-4;1-17-14-22(25-30-17)24-23(27)16-26(15-18-8-3-2-4-9-18)31(28,29)21-13-7-11-19-10-5-6-12-20(19)21;1-16-14-21(24-29-16)23-22(26)15-25(18-10-3-2-4-11-18)30(27,28)20-13-7-9-17-8-5-6-12-19(17)20;1-6-19-16-22-17(21-12(2)3)24-18(23-16)27-10-9-20-28(25,26)15-11-13(4)7-8-14(15)5;1-5-10-20(16-18-12(3)14(17)15(19-16)23-4)24(21,22)13-8-6-11(2)7-9-13/h5-14H,1-4H3;5-7,10-14,18H,2-4,8-9,15-16H2,1H3,(H,24,25,27);5-9,12-14,18H,2-4,10-11,15H2,1H3,(H,23,24,26);7-8,11-12,20H,6,9-10H2,1-5H3,(H2,19,21,22,23,24);5-9H,1,10H2,2-4H3. The van der Waals surface area contributed by atoms with Crippen LogP contribution in [-0.2, 0) is 64.4 Å². The second-order valence-electron chi connectivity index (χ2n) is 35.3. The number of aryl methyl sites for hydroxylation is 9. The molecule has 6 aromatic heterocycles. The largest absolute Gasteiger partial charge is 0.480 e. The summed E-state index contributed by atoms with van der Waals surface area (Å²) in [7, 11) is -16.9. The molecule has 43 heteroatoms. The van der Waals surface area contributed by atoms with Crippen molar-refractivity contribution in [2.75, 3.05) is 90.0 Å². The number of carbonyl (C=O) groups excluding carboxylic acids is 4. The summed E-state index contributed by atoms with van der Waals surface area (Å²) < 4.78 is 172. The molecule has 8 aromatic carbocycles. The highest BCUT2D eigenvalue weighted by Crippen LogP contribution is 2.39. The van der Waals surface area contributed by atoms with Gasteiger partial charge in [-0.3, -0.25) is 19.4 Å². The predicted octanol–water partition coefficient (Wildman–Crippen LogP) is 18.3. The number of anilines is 6. The third kappa shape index (κ3) is 28.7. The second kappa shape index (κ2) is 50.4. The molecule has 0 aliphatic heterocycles. The molecule has 0 saturated heterocycles. The molecular formula is C104H120ClN17O20S5. The number of hydrogen-bond donors (Lipinski definition) is 5. The number of sulfonamides is 5. The van der Waals surface area contributed by atoms with Gasteiger partial charge in [0.05, 0.1) is 69.7 Å². The first kappa shape index (κ1) is 112. The van der Waals surface area contributed by atoms with Gasteiger partial charge in [-0.15, -0.1) is 6.58 Å². The minimum atomic E-state index is -4.33. The molecule has 3 amide bonds. The van der Waals surface area contributed by atoms with Crippen LogP contribution in [0.3, 0.4) is 0 Å². The molecular weight excluding hydrogens is 2000 g/mol. The first-order valence-corrected chi connectivity index (χ1v) is 55.0. The molecule has 0 unspecified atom stereocenters. The Hall–Kier alpha value is -14.0. The van der Waals surface area contributed by atoms with Gasteiger partial charge in [0.1, 0.15) is 40.1 Å². The summed E-state index contributed by atoms with van der Waals surface area (Å²) in [6, 6.07) is 52.6. The van der Waals surface area contributed by atoms with Crippen molar-refractivity contribution < 1.29 is 88.9 Å². The number of ether oxygens (including phenoxy) is 3. The number of esters is 1. The Morgan fingerprint density at radius 1 is 0.558 bits per heavy atom. The number of hydrogen-bond acceptors (Lipinski definition) is 30. The van der Waals surface area contributed by atoms with E-state index < -0.39 is 73.8 Å². The van der Waals surface area contributed by atoms with Crippen LogP contribution >= 0.6 is 11.6 Å². The summed E-state index contributed by atoms with van der Waals surface area (Å²) in [4.78, 5) is 77.1. The van der Waals surface area contributed by atoms with E-state index in [0.717, 1.165) is 93.9 Å². The fourth-order valence-electron chi connectivity index (χ4n) is 16.5. The van der Waals surface area contributed by atoms with Gasteiger partial charge in [-0.25, -0.2) is 60.9 Å². The summed E-state index contributed by atoms with van der Waals surface area (Å²) in [6.45, 7) is 25.9. The van der Waals surface area contributed by atoms with Gasteiger partial charge in [-0.1, -0.05) is 187 Å². The zero-order valence-corrected chi connectivity index (χ0v) is 88.9. The number of fused-ring (bicyclic) bond motifs is 3. The third-order valence-corrected chi connectivity index (χ3v) is 33.1. The lowest BCUT2D eigenvalue weighted by Crippen LogP contribution is -2.45. The van der Waals surface area contributed by atoms with Crippen LogP contribution in [0.25, 0.3) is 32.5 Å². The highest BCUT2D eigenvalue weighted by molar-refractivity contribution is 7.94. The van der Waals surface area contributed by atoms with E-state index in [0.29, 0.717) is 80.8 Å². The molecule has 778 valence electrons. The highest BCUT2D eigenvalue weighted by Gasteiger charge is 2.39. The predicted molar refractivity (Wildman–Crippen MR) is 564 cm³/mol. The number of benzene rings is 8. The summed E-state index contributed by atoms with van der Waals surface area (Å²) >= 11 is 6.06. The van der Waals surface area contributed by atoms with Gasteiger partial charge in [0.25, 0.3) is 26.0 Å². The van der Waals surface area contributed by atoms with Crippen LogP contribution < -0.4 is 44.1 Å². The molecule has 2 saturated carbocycles. The number of methoxy groups -OCH3 is 2. The Morgan fingerprint density at radius 3 is 1.71 bits per heavy atom. The van der Waals surface area contributed by atoms with E-state index in [4.69, 9.17) is 39.3 Å². The van der Waals surface area contributed by atoms with Crippen molar-refractivity contribution in [1.82, 2.24) is 53.5 Å². The fraction of sp³-hybridized carbons (Fsp3) is 0.327. The average Bonchev–Trinajstić information content (AvgIpc) is 1.72. The first-order chi connectivity index (χ1) is 70.0. The van der Waals surface area contributed by atoms with Crippen LogP contribution in [0.4, 0.5) is 35.2 Å². The van der Waals surface area contributed by atoms with Gasteiger partial charge in [0.15, 0.2) is 11.6 Å². The van der Waals surface area contributed by atoms with Crippen molar-refractivity contribution in [1.29, 1.82) is 0 Å². The average molecular weight is 2120 g/mol. The Morgan fingerprint density at radius 2 is 1.13 bits per heavy atom. The number of furan rings is 1. The van der Waals surface area contributed by atoms with Crippen LogP contribution in [0, 0.1) is 68.2 Å². The number of amides is 3. The summed E-state index contributed by atoms with van der Waals surface area (Å²) in [5.41, 5.74) is 5.08. The Labute approximate surface area is 861 Å². The van der Waals surface area contributed by atoms with Gasteiger partial charge in [0.2, 0.25) is 65.6 Å². The number of rotatable bonds is 34. The van der Waals surface area contributed by atoms with Crippen molar-refractivity contribution in [2.45, 2.75) is 184 Å². The van der Waals surface area contributed by atoms with Gasteiger partial charge in [0, 0.05) is 78.0 Å². The van der Waals surface area contributed by atoms with E-state index >= 15 is 0 Å². The van der Waals surface area contributed by atoms with Gasteiger partial charge < -0.3 is 48.9 Å². The normalized spacial score (nSPS) is 13.1. The molecule has 6 heterocycles. The van der Waals surface area contributed by atoms with Gasteiger partial charge in [-0.05, 0) is 209 Å². The van der Waals surface area contributed by atoms with Crippen molar-refractivity contribution in [3.63, 3.8) is 0 Å². The van der Waals surface area contributed by atoms with Crippen molar-refractivity contribution >= 4 is 153 Å². The lowest BCUT2D eigenvalue weighted by Gasteiger charge is -2.33. The minimum absolute atomic E-state index is 0.00262. The van der Waals surface area contributed by atoms with E-state index in [-0.39, 0.29) is 127 Å². The molecule has 0 atom stereocenters. The van der Waals surface area contributed by atoms with Crippen molar-refractivity contribution in [3.8, 4) is 11.9 Å². The second-order valence-corrected chi connectivity index (χ2v) is 44.8. The zero-order chi connectivity index (χ0) is 106. The molecule has 0 bridgehead atoms. The number of carbonyl (C=O) groups is 4. The van der Waals surface area contributed by atoms with E-state index in [2.05, 4.69) is 72.8 Å². The van der Waals surface area contributed by atoms with E-state index in [1.165, 1.54) is 84.1 Å². The number of nitrogens with zero attached hydrogens (tertiary/aromatic N) is 12. The zero-order valence-electron chi connectivity index (χ0n) is 84.0. The number of halogens is 1. The minimum Gasteiger partial charge on any atom is -0.480 e. The maximum atomic E-state index is 13.9. The molecule has 37 nitrogen and oxygen atoms in total. The summed E-state index contributed by atoms with van der Waals surface area (Å²) in [5.74, 6) is 0.899. The van der Waals surface area contributed by atoms with Crippen molar-refractivity contribution in [3.05, 3.63) is 280 Å². The number of aromatic nitrogens is 8. The molecule has 0 radical (unpaired) electrons. The molecule has 5 N–H and O–H groups in total. The molecule has 14 aromatic rings. The van der Waals surface area contributed by atoms with Crippen LogP contribution in [-0.4, -0.2) is 187 Å². The van der Waals surface area contributed by atoms with Crippen LogP contribution in [0.5, 0.6) is 11.9 Å². The van der Waals surface area contributed by atoms with Gasteiger partial charge in [-0.2, -0.15) is 32.9 Å². The summed E-state index contributed by atoms with van der Waals surface area (Å²) in [5, 5.41) is 22.5. The summed E-state index contributed by atoms with van der Waals surface area (Å²) in [6.07, 6.45) is 14.1. The molecule has 2 fully saturated rings. The maximum absolute atomic E-state index is 13.9. The monoisotopic (exact) mass is 2120 g/mol. The SMILES string of the molecule is C=CCN(c1nc(C)c(Cl)c(OC)n1)S(=O)(=O)c1ccc(C)cc1.CCNc1nc(NC(C)C)nc(OCCNS(=O)(=O)c2cc(C)ccc2C)n1.COC(=O)c1c(C)oc2ccc(N(C(=O)c3ccncc3)S(=O)(=O)c3ccc(C)cc3C)cc12.Cc1cc(NC(=O)CN(C2CCCCC2)S(=O)(=O)c2cccc3ccccc23)no1.Cc1cc(NC(=O)CN(CC2CCCCC2)S(=O)(=O)c2cccc3ccccc23)no1. The highest BCUT2D eigenvalue weighted by atomic mass is 35.5. The molecule has 147 heavy (non-hydrogen) atoms. The molecule has 16 rings (SSSR count). The Kier molecular flexibility index (Phi) is 38.3. The number of nitrogens with one attached hydrogen (secondary N) is 5. The lowest BCUT2D eigenvalue weighted by atomic mass is 9.89. The topological polar surface area (TPSA) is 482 Å². The van der Waals surface area contributed by atoms with Crippen molar-refractivity contribution in [2.24, 2.45) is 5.92 Å². The third-order valence-electron chi connectivity index (χ3n) is 23.6. The molecule has 0 spiro atoms. The van der Waals surface area contributed by atoms with Crippen LogP contribution in [0.2, 0.25) is 5.02 Å². The molecule has 2 aliphatic rings. The smallest absolute Gasteiger partial charge is 0.342 e. The van der Waals surface area contributed by atoms with E-state index in [1.807, 2.05) is 96.1 Å². The van der Waals surface area contributed by atoms with Crippen LogP contribution in [0.1, 0.15) is 156 Å². The molecule has 2 aliphatic carbocycles. The number of pyridine rings is 1. The van der Waals surface area contributed by atoms with Crippen LogP contribution in [0.15, 0.2) is 251 Å². The quantitative estimate of drug-likeness (QED) is 0.0142. The van der Waals surface area contributed by atoms with Gasteiger partial charge >= 0.3 is 12.0 Å². The fourth-order valence-corrected chi connectivity index (χ4v) is 24.5. The van der Waals surface area contributed by atoms with E-state index in [1.54, 1.807) is 139 Å². The lowest BCUT2D eigenvalue weighted by molar-refractivity contribution is -0.117. The Bertz CT molecular complexity index is 7650. The Balaban J connectivity index is 0.000000164.